The molecule has 0 spiro atoms. The summed E-state index contributed by atoms with van der Waals surface area (Å²) in [5.41, 5.74) is 1.57. The summed E-state index contributed by atoms with van der Waals surface area (Å²) in [5.74, 6) is -0.308. The Morgan fingerprint density at radius 1 is 1.28 bits per heavy atom. The van der Waals surface area contributed by atoms with Crippen LogP contribution in [0, 0.1) is 17.0 Å². The summed E-state index contributed by atoms with van der Waals surface area (Å²) in [6, 6.07) is 12.5. The highest BCUT2D eigenvalue weighted by atomic mass is 16.6. The average Bonchev–Trinajstić information content (AvgIpc) is 3.13. The van der Waals surface area contributed by atoms with Gasteiger partial charge in [-0.05, 0) is 12.5 Å². The predicted octanol–water partition coefficient (Wildman–Crippen LogP) is 2.68. The van der Waals surface area contributed by atoms with Crippen LogP contribution < -0.4 is 10.6 Å². The summed E-state index contributed by atoms with van der Waals surface area (Å²) >= 11 is 0. The average molecular weight is 392 g/mol. The Kier molecular flexibility index (Phi) is 4.51. The number of nitro groups is 1. The van der Waals surface area contributed by atoms with Gasteiger partial charge in [-0.2, -0.15) is 4.98 Å². The molecule has 0 radical (unpaired) electrons. The number of nitro benzene ring substituents is 1. The molecule has 0 saturated heterocycles. The quantitative estimate of drug-likeness (QED) is 0.518. The first-order chi connectivity index (χ1) is 13.9. The molecule has 0 bridgehead atoms. The van der Waals surface area contributed by atoms with Gasteiger partial charge in [-0.3, -0.25) is 25.0 Å². The van der Waals surface area contributed by atoms with E-state index < -0.39 is 16.9 Å². The van der Waals surface area contributed by atoms with Crippen LogP contribution >= 0.6 is 0 Å². The molecule has 29 heavy (non-hydrogen) atoms. The fourth-order valence-electron chi connectivity index (χ4n) is 3.05. The minimum atomic E-state index is -0.928. The second-order valence-electron chi connectivity index (χ2n) is 6.58. The lowest BCUT2D eigenvalue weighted by Crippen LogP contribution is -2.36. The van der Waals surface area contributed by atoms with Crippen LogP contribution in [0.15, 0.2) is 48.5 Å². The van der Waals surface area contributed by atoms with Gasteiger partial charge >= 0.3 is 0 Å². The van der Waals surface area contributed by atoms with Gasteiger partial charge in [-0.15, -0.1) is 5.10 Å². The summed E-state index contributed by atoms with van der Waals surface area (Å²) in [6.07, 6.45) is -0.121. The molecule has 0 fully saturated rings. The number of fused-ring (bicyclic) bond motifs is 1. The van der Waals surface area contributed by atoms with Gasteiger partial charge in [0.25, 0.3) is 5.69 Å². The largest absolute Gasteiger partial charge is 0.324 e. The van der Waals surface area contributed by atoms with Crippen LogP contribution in [0.4, 0.5) is 17.3 Å². The molecular formula is C19H16N6O4. The van der Waals surface area contributed by atoms with Crippen molar-refractivity contribution in [2.24, 2.45) is 0 Å². The SMILES string of the molecule is Cc1ccc([N+](=O)[O-])cc1NC(=O)[C@H]1CC(=O)Nc2nc(-c3ccccc3)nn21. The number of anilines is 2. The summed E-state index contributed by atoms with van der Waals surface area (Å²) in [4.78, 5) is 39.8. The van der Waals surface area contributed by atoms with Crippen molar-refractivity contribution in [3.63, 3.8) is 0 Å². The zero-order valence-electron chi connectivity index (χ0n) is 15.3. The molecule has 1 aliphatic heterocycles. The Hall–Kier alpha value is -4.08. The van der Waals surface area contributed by atoms with Crippen LogP contribution in [0.5, 0.6) is 0 Å². The number of rotatable bonds is 4. The number of nitrogens with one attached hydrogen (secondary N) is 2. The summed E-state index contributed by atoms with van der Waals surface area (Å²) in [5, 5.41) is 20.7. The summed E-state index contributed by atoms with van der Waals surface area (Å²) in [6.45, 7) is 1.72. The maximum Gasteiger partial charge on any atom is 0.271 e. The number of hydrogen-bond acceptors (Lipinski definition) is 6. The molecule has 1 aromatic heterocycles. The Morgan fingerprint density at radius 2 is 2.03 bits per heavy atom. The fraction of sp³-hybridized carbons (Fsp3) is 0.158. The van der Waals surface area contributed by atoms with E-state index in [0.717, 1.165) is 5.56 Å². The lowest BCUT2D eigenvalue weighted by Gasteiger charge is -2.22. The Morgan fingerprint density at radius 3 is 2.76 bits per heavy atom. The molecule has 10 heteroatoms. The number of benzene rings is 2. The molecule has 1 atom stereocenters. The minimum absolute atomic E-state index is 0.121. The number of hydrogen-bond donors (Lipinski definition) is 2. The molecule has 146 valence electrons. The first kappa shape index (κ1) is 18.3. The molecule has 0 aliphatic carbocycles. The van der Waals surface area contributed by atoms with Crippen molar-refractivity contribution < 1.29 is 14.5 Å². The van der Waals surface area contributed by atoms with Gasteiger partial charge in [0, 0.05) is 17.7 Å². The van der Waals surface area contributed by atoms with Gasteiger partial charge in [0.05, 0.1) is 17.0 Å². The number of carbonyl (C=O) groups excluding carboxylic acids is 2. The number of nitrogens with zero attached hydrogens (tertiary/aromatic N) is 4. The molecule has 1 aliphatic rings. The van der Waals surface area contributed by atoms with Crippen molar-refractivity contribution in [3.8, 4) is 11.4 Å². The zero-order valence-corrected chi connectivity index (χ0v) is 15.3. The molecule has 0 saturated carbocycles. The molecule has 4 rings (SSSR count). The Bertz CT molecular complexity index is 1120. The van der Waals surface area contributed by atoms with Gasteiger partial charge < -0.3 is 5.32 Å². The van der Waals surface area contributed by atoms with Gasteiger partial charge in [0.1, 0.15) is 6.04 Å². The maximum atomic E-state index is 12.9. The number of non-ortho nitro benzene ring substituents is 1. The van der Waals surface area contributed by atoms with Gasteiger partial charge in [0.2, 0.25) is 17.8 Å². The van der Waals surface area contributed by atoms with Crippen LogP contribution in [-0.4, -0.2) is 31.5 Å². The highest BCUT2D eigenvalue weighted by Crippen LogP contribution is 2.28. The van der Waals surface area contributed by atoms with E-state index in [2.05, 4.69) is 20.7 Å². The minimum Gasteiger partial charge on any atom is -0.324 e. The standard InChI is InChI=1S/C19H16N6O4/c1-11-7-8-13(25(28)29)9-14(11)20-18(27)15-10-16(26)21-19-22-17(23-24(15)19)12-5-3-2-4-6-12/h2-9,15H,10H2,1H3,(H,20,27)(H,21,22,23,26)/t15-/m1/s1. The molecule has 10 nitrogen and oxygen atoms in total. The van der Waals surface area contributed by atoms with Crippen molar-refractivity contribution in [2.45, 2.75) is 19.4 Å². The van der Waals surface area contributed by atoms with Crippen LogP contribution in [0.1, 0.15) is 18.0 Å². The third-order valence-electron chi connectivity index (χ3n) is 4.58. The monoisotopic (exact) mass is 392 g/mol. The van der Waals surface area contributed by atoms with E-state index in [9.17, 15) is 19.7 Å². The molecule has 2 N–H and O–H groups in total. The van der Waals surface area contributed by atoms with Crippen molar-refractivity contribution in [2.75, 3.05) is 10.6 Å². The van der Waals surface area contributed by atoms with Crippen LogP contribution in [0.25, 0.3) is 11.4 Å². The maximum absolute atomic E-state index is 12.9. The first-order valence-electron chi connectivity index (χ1n) is 8.80. The lowest BCUT2D eigenvalue weighted by atomic mass is 10.1. The molecule has 2 aromatic carbocycles. The van der Waals surface area contributed by atoms with Crippen molar-refractivity contribution >= 4 is 29.1 Å². The normalized spacial score (nSPS) is 15.3. The van der Waals surface area contributed by atoms with Crippen LogP contribution in [0.2, 0.25) is 0 Å². The van der Waals surface area contributed by atoms with Crippen molar-refractivity contribution in [1.82, 2.24) is 14.8 Å². The summed E-state index contributed by atoms with van der Waals surface area (Å²) < 4.78 is 1.37. The highest BCUT2D eigenvalue weighted by molar-refractivity contribution is 6.01. The lowest BCUT2D eigenvalue weighted by molar-refractivity contribution is -0.384. The molecular weight excluding hydrogens is 376 g/mol. The predicted molar refractivity (Wildman–Crippen MR) is 104 cm³/mol. The number of aromatic nitrogens is 3. The van der Waals surface area contributed by atoms with Crippen LogP contribution in [-0.2, 0) is 9.59 Å². The fourth-order valence-corrected chi connectivity index (χ4v) is 3.05. The Labute approximate surface area is 164 Å². The highest BCUT2D eigenvalue weighted by Gasteiger charge is 2.33. The molecule has 2 heterocycles. The molecule has 0 unspecified atom stereocenters. The number of aryl methyl sites for hydroxylation is 1. The van der Waals surface area contributed by atoms with E-state index in [4.69, 9.17) is 0 Å². The van der Waals surface area contributed by atoms with E-state index in [1.165, 1.54) is 16.8 Å². The van der Waals surface area contributed by atoms with E-state index in [-0.39, 0.29) is 24.0 Å². The third-order valence-corrected chi connectivity index (χ3v) is 4.58. The van der Waals surface area contributed by atoms with Crippen molar-refractivity contribution in [1.29, 1.82) is 0 Å². The van der Waals surface area contributed by atoms with Crippen molar-refractivity contribution in [3.05, 3.63) is 64.2 Å². The van der Waals surface area contributed by atoms with E-state index in [0.29, 0.717) is 17.1 Å². The molecule has 2 amide bonds. The Balaban J connectivity index is 1.65. The van der Waals surface area contributed by atoms with Gasteiger partial charge in [-0.1, -0.05) is 36.4 Å². The number of amides is 2. The third kappa shape index (κ3) is 3.55. The van der Waals surface area contributed by atoms with E-state index >= 15 is 0 Å². The second-order valence-corrected chi connectivity index (χ2v) is 6.58. The second kappa shape index (κ2) is 7.15. The zero-order chi connectivity index (χ0) is 20.5. The smallest absolute Gasteiger partial charge is 0.271 e. The topological polar surface area (TPSA) is 132 Å². The van der Waals surface area contributed by atoms with E-state index in [1.54, 1.807) is 13.0 Å². The van der Waals surface area contributed by atoms with Gasteiger partial charge in [0.15, 0.2) is 5.82 Å². The number of carbonyl (C=O) groups is 2. The van der Waals surface area contributed by atoms with Crippen LogP contribution in [0.3, 0.4) is 0 Å². The first-order valence-corrected chi connectivity index (χ1v) is 8.80. The molecule has 3 aromatic rings. The van der Waals surface area contributed by atoms with Gasteiger partial charge in [-0.25, -0.2) is 4.68 Å². The van der Waals surface area contributed by atoms with E-state index in [1.807, 2.05) is 30.3 Å². The summed E-state index contributed by atoms with van der Waals surface area (Å²) in [7, 11) is 0.